The summed E-state index contributed by atoms with van der Waals surface area (Å²) in [5.74, 6) is 0.925. The molecule has 3 rings (SSSR count). The molecule has 6 heteroatoms. The summed E-state index contributed by atoms with van der Waals surface area (Å²) in [6, 6.07) is -0.213. The molecular formula is C15H21N3O3. The van der Waals surface area contributed by atoms with Crippen LogP contribution in [0.15, 0.2) is 6.33 Å². The maximum absolute atomic E-state index is 11.7. The Balaban J connectivity index is 2.02. The van der Waals surface area contributed by atoms with Crippen molar-refractivity contribution in [1.29, 1.82) is 0 Å². The number of methoxy groups -OCH3 is 1. The highest BCUT2D eigenvalue weighted by atomic mass is 16.5. The lowest BCUT2D eigenvalue weighted by molar-refractivity contribution is -0.138. The van der Waals surface area contributed by atoms with Gasteiger partial charge in [0.25, 0.3) is 0 Å². The van der Waals surface area contributed by atoms with Gasteiger partial charge in [0.05, 0.1) is 12.7 Å². The first-order valence-corrected chi connectivity index (χ1v) is 7.50. The van der Waals surface area contributed by atoms with Crippen LogP contribution in [0.5, 0.6) is 5.88 Å². The molecule has 0 aromatic carbocycles. The van der Waals surface area contributed by atoms with Crippen LogP contribution >= 0.6 is 0 Å². The van der Waals surface area contributed by atoms with Gasteiger partial charge in [0.1, 0.15) is 18.2 Å². The zero-order valence-electron chi connectivity index (χ0n) is 12.5. The maximum Gasteiger partial charge on any atom is 0.326 e. The second-order valence-electron chi connectivity index (χ2n) is 5.94. The first kappa shape index (κ1) is 14.1. The van der Waals surface area contributed by atoms with Crippen molar-refractivity contribution in [1.82, 2.24) is 9.97 Å². The van der Waals surface area contributed by atoms with Gasteiger partial charge in [0.15, 0.2) is 0 Å². The SMILES string of the molecule is COc1ncnc(N2C(C(=O)O)CC3CCCCC32)c1C. The van der Waals surface area contributed by atoms with Gasteiger partial charge in [-0.3, -0.25) is 0 Å². The Morgan fingerprint density at radius 2 is 2.14 bits per heavy atom. The molecule has 1 saturated carbocycles. The van der Waals surface area contributed by atoms with E-state index in [4.69, 9.17) is 4.74 Å². The summed E-state index contributed by atoms with van der Waals surface area (Å²) >= 11 is 0. The number of carboxylic acid groups (broad SMARTS) is 1. The number of hydrogen-bond donors (Lipinski definition) is 1. The van der Waals surface area contributed by atoms with Crippen molar-refractivity contribution in [2.24, 2.45) is 5.92 Å². The number of aliphatic carboxylic acids is 1. The normalized spacial score (nSPS) is 28.3. The molecule has 1 aromatic rings. The lowest BCUT2D eigenvalue weighted by atomic mass is 9.84. The number of hydrogen-bond acceptors (Lipinski definition) is 5. The van der Waals surface area contributed by atoms with Crippen LogP contribution in [0.1, 0.15) is 37.7 Å². The molecule has 114 valence electrons. The highest BCUT2D eigenvalue weighted by Gasteiger charge is 2.46. The zero-order valence-corrected chi connectivity index (χ0v) is 12.5. The predicted molar refractivity (Wildman–Crippen MR) is 77.6 cm³/mol. The molecule has 0 radical (unpaired) electrons. The quantitative estimate of drug-likeness (QED) is 0.918. The van der Waals surface area contributed by atoms with E-state index in [-0.39, 0.29) is 6.04 Å². The number of carboxylic acids is 1. The summed E-state index contributed by atoms with van der Waals surface area (Å²) in [5.41, 5.74) is 0.817. The average molecular weight is 291 g/mol. The van der Waals surface area contributed by atoms with Crippen molar-refractivity contribution < 1.29 is 14.6 Å². The van der Waals surface area contributed by atoms with E-state index in [0.717, 1.165) is 24.8 Å². The summed E-state index contributed by atoms with van der Waals surface area (Å²) < 4.78 is 5.25. The van der Waals surface area contributed by atoms with Gasteiger partial charge >= 0.3 is 5.97 Å². The Bertz CT molecular complexity index is 549. The van der Waals surface area contributed by atoms with Crippen molar-refractivity contribution in [2.75, 3.05) is 12.0 Å². The lowest BCUT2D eigenvalue weighted by Gasteiger charge is -2.34. The molecule has 1 N–H and O–H groups in total. The maximum atomic E-state index is 11.7. The van der Waals surface area contributed by atoms with E-state index in [0.29, 0.717) is 24.0 Å². The molecule has 2 aliphatic rings. The first-order chi connectivity index (χ1) is 10.1. The molecule has 0 spiro atoms. The van der Waals surface area contributed by atoms with E-state index in [2.05, 4.69) is 9.97 Å². The number of aromatic nitrogens is 2. The molecule has 1 aliphatic carbocycles. The molecule has 2 heterocycles. The highest BCUT2D eigenvalue weighted by molar-refractivity contribution is 5.79. The first-order valence-electron chi connectivity index (χ1n) is 7.50. The summed E-state index contributed by atoms with van der Waals surface area (Å²) in [7, 11) is 1.57. The molecule has 2 fully saturated rings. The van der Waals surface area contributed by atoms with E-state index in [1.165, 1.54) is 12.7 Å². The minimum atomic E-state index is -0.763. The van der Waals surface area contributed by atoms with Crippen LogP contribution in [0, 0.1) is 12.8 Å². The Hall–Kier alpha value is -1.85. The van der Waals surface area contributed by atoms with Crippen molar-refractivity contribution in [3.63, 3.8) is 0 Å². The number of fused-ring (bicyclic) bond motifs is 1. The van der Waals surface area contributed by atoms with E-state index >= 15 is 0 Å². The van der Waals surface area contributed by atoms with Crippen LogP contribution in [0.25, 0.3) is 0 Å². The van der Waals surface area contributed by atoms with Gasteiger partial charge in [-0.25, -0.2) is 14.8 Å². The van der Waals surface area contributed by atoms with Gasteiger partial charge in [0, 0.05) is 6.04 Å². The van der Waals surface area contributed by atoms with Crippen molar-refractivity contribution in [2.45, 2.75) is 51.1 Å². The third kappa shape index (κ3) is 2.32. The largest absolute Gasteiger partial charge is 0.481 e. The molecule has 3 unspecified atom stereocenters. The van der Waals surface area contributed by atoms with Crippen molar-refractivity contribution in [3.05, 3.63) is 11.9 Å². The standard InChI is InChI=1S/C15H21N3O3/c1-9-13(16-8-17-14(9)21-2)18-11-6-4-3-5-10(11)7-12(18)15(19)20/h8,10-12H,3-7H2,1-2H3,(H,19,20). The third-order valence-corrected chi connectivity index (χ3v) is 4.82. The Morgan fingerprint density at radius 3 is 2.86 bits per heavy atom. The van der Waals surface area contributed by atoms with Gasteiger partial charge in [-0.1, -0.05) is 12.8 Å². The predicted octanol–water partition coefficient (Wildman–Crippen LogP) is 2.02. The molecule has 3 atom stereocenters. The minimum Gasteiger partial charge on any atom is -0.481 e. The second kappa shape index (κ2) is 5.50. The Morgan fingerprint density at radius 1 is 1.38 bits per heavy atom. The van der Waals surface area contributed by atoms with E-state index < -0.39 is 12.0 Å². The second-order valence-corrected chi connectivity index (χ2v) is 5.94. The van der Waals surface area contributed by atoms with Crippen LogP contribution < -0.4 is 9.64 Å². The minimum absolute atomic E-state index is 0.276. The molecule has 1 aliphatic heterocycles. The molecule has 1 saturated heterocycles. The topological polar surface area (TPSA) is 75.6 Å². The molecule has 0 bridgehead atoms. The zero-order chi connectivity index (χ0) is 15.0. The number of ether oxygens (including phenoxy) is 1. The van der Waals surface area contributed by atoms with Crippen LogP contribution in [0.2, 0.25) is 0 Å². The van der Waals surface area contributed by atoms with Crippen LogP contribution in [0.3, 0.4) is 0 Å². The fourth-order valence-corrected chi connectivity index (χ4v) is 3.88. The van der Waals surface area contributed by atoms with Gasteiger partial charge in [-0.2, -0.15) is 0 Å². The monoisotopic (exact) mass is 291 g/mol. The van der Waals surface area contributed by atoms with Crippen molar-refractivity contribution in [3.8, 4) is 5.88 Å². The summed E-state index contributed by atoms with van der Waals surface area (Å²) in [4.78, 5) is 22.1. The molecular weight excluding hydrogens is 270 g/mol. The van der Waals surface area contributed by atoms with Crippen LogP contribution in [-0.4, -0.2) is 40.2 Å². The lowest BCUT2D eigenvalue weighted by Crippen LogP contribution is -2.43. The summed E-state index contributed by atoms with van der Waals surface area (Å²) in [5, 5.41) is 9.59. The molecule has 1 aromatic heterocycles. The molecule has 0 amide bonds. The van der Waals surface area contributed by atoms with Crippen molar-refractivity contribution >= 4 is 11.8 Å². The van der Waals surface area contributed by atoms with Crippen LogP contribution in [-0.2, 0) is 4.79 Å². The highest BCUT2D eigenvalue weighted by Crippen LogP contribution is 2.43. The Kier molecular flexibility index (Phi) is 3.69. The number of nitrogens with zero attached hydrogens (tertiary/aromatic N) is 3. The summed E-state index contributed by atoms with van der Waals surface area (Å²) in [6.07, 6.45) is 6.69. The number of anilines is 1. The number of carbonyl (C=O) groups is 1. The van der Waals surface area contributed by atoms with Crippen LogP contribution in [0.4, 0.5) is 5.82 Å². The fraction of sp³-hybridized carbons (Fsp3) is 0.667. The average Bonchev–Trinajstić information content (AvgIpc) is 2.87. The summed E-state index contributed by atoms with van der Waals surface area (Å²) in [6.45, 7) is 1.89. The number of rotatable bonds is 3. The van der Waals surface area contributed by atoms with Gasteiger partial charge in [-0.15, -0.1) is 0 Å². The van der Waals surface area contributed by atoms with Gasteiger partial charge in [0.2, 0.25) is 5.88 Å². The van der Waals surface area contributed by atoms with Gasteiger partial charge in [-0.05, 0) is 32.1 Å². The Labute approximate surface area is 124 Å². The molecule has 21 heavy (non-hydrogen) atoms. The smallest absolute Gasteiger partial charge is 0.326 e. The third-order valence-electron chi connectivity index (χ3n) is 4.82. The molecule has 6 nitrogen and oxygen atoms in total. The fourth-order valence-electron chi connectivity index (χ4n) is 3.88. The van der Waals surface area contributed by atoms with E-state index in [9.17, 15) is 9.90 Å². The van der Waals surface area contributed by atoms with E-state index in [1.54, 1.807) is 7.11 Å². The van der Waals surface area contributed by atoms with Gasteiger partial charge < -0.3 is 14.7 Å². The van der Waals surface area contributed by atoms with E-state index in [1.807, 2.05) is 11.8 Å².